The van der Waals surface area contributed by atoms with Gasteiger partial charge in [0.2, 0.25) is 5.95 Å². The second-order valence-corrected chi connectivity index (χ2v) is 8.48. The van der Waals surface area contributed by atoms with Crippen LogP contribution in [0.4, 0.5) is 16.4 Å². The molecule has 0 spiro atoms. The van der Waals surface area contributed by atoms with Gasteiger partial charge in [0.15, 0.2) is 0 Å². The van der Waals surface area contributed by atoms with Crippen molar-refractivity contribution >= 4 is 28.7 Å². The Morgan fingerprint density at radius 2 is 1.54 bits per heavy atom. The van der Waals surface area contributed by atoms with E-state index < -0.39 is 0 Å². The quantitative estimate of drug-likeness (QED) is 0.450. The minimum absolute atomic E-state index is 0.141. The number of anilines is 2. The molecule has 1 aromatic heterocycles. The highest BCUT2D eigenvalue weighted by Gasteiger charge is 2.25. The van der Waals surface area contributed by atoms with Crippen LogP contribution in [-0.4, -0.2) is 60.9 Å². The lowest BCUT2D eigenvalue weighted by atomic mass is 10.2. The number of ether oxygens (including phenoxy) is 2. The Hall–Kier alpha value is -4.20. The van der Waals surface area contributed by atoms with E-state index in [0.29, 0.717) is 43.4 Å². The highest BCUT2D eigenvalue weighted by Crippen LogP contribution is 2.27. The molecule has 1 N–H and O–H groups in total. The molecule has 1 aliphatic rings. The maximum absolute atomic E-state index is 13.0. The molecule has 180 valence electrons. The van der Waals surface area contributed by atoms with Gasteiger partial charge in [0.1, 0.15) is 11.5 Å². The lowest BCUT2D eigenvalue weighted by molar-refractivity contribution is 0.208. The second-order valence-electron chi connectivity index (χ2n) is 8.48. The third-order valence-corrected chi connectivity index (χ3v) is 6.27. The summed E-state index contributed by atoms with van der Waals surface area (Å²) < 4.78 is 12.9. The fourth-order valence-electron chi connectivity index (χ4n) is 4.42. The maximum atomic E-state index is 13.0. The normalized spacial score (nSPS) is 13.7. The fraction of sp³-hybridized carbons (Fsp3) is 0.259. The first kappa shape index (κ1) is 22.6. The fourth-order valence-corrected chi connectivity index (χ4v) is 4.42. The van der Waals surface area contributed by atoms with E-state index in [1.54, 1.807) is 32.4 Å². The molecule has 1 aliphatic heterocycles. The Morgan fingerprint density at radius 1 is 0.886 bits per heavy atom. The van der Waals surface area contributed by atoms with E-state index in [1.807, 2.05) is 29.2 Å². The first-order valence-electron chi connectivity index (χ1n) is 11.7. The number of carbonyl (C=O) groups is 1. The van der Waals surface area contributed by atoms with Gasteiger partial charge in [-0.1, -0.05) is 42.5 Å². The molecule has 5 rings (SSSR count). The van der Waals surface area contributed by atoms with Gasteiger partial charge in [0.05, 0.1) is 31.8 Å². The molecular weight excluding hydrogens is 442 g/mol. The van der Waals surface area contributed by atoms with Gasteiger partial charge < -0.3 is 29.2 Å². The summed E-state index contributed by atoms with van der Waals surface area (Å²) in [4.78, 5) is 22.0. The first-order chi connectivity index (χ1) is 17.1. The highest BCUT2D eigenvalue weighted by atomic mass is 16.5. The van der Waals surface area contributed by atoms with Crippen LogP contribution in [0.1, 0.15) is 5.56 Å². The minimum atomic E-state index is -0.141. The van der Waals surface area contributed by atoms with Crippen molar-refractivity contribution in [2.45, 2.75) is 6.54 Å². The van der Waals surface area contributed by atoms with Crippen molar-refractivity contribution in [1.29, 1.82) is 0 Å². The average Bonchev–Trinajstić information content (AvgIpc) is 3.27. The number of piperazine rings is 1. The molecule has 4 aromatic rings. The number of hydrogen-bond donors (Lipinski definition) is 1. The lowest BCUT2D eigenvalue weighted by Crippen LogP contribution is -2.50. The number of aromatic nitrogens is 2. The number of urea groups is 1. The molecular formula is C27H29N5O3. The topological polar surface area (TPSA) is 71.9 Å². The minimum Gasteiger partial charge on any atom is -0.497 e. The number of imidazole rings is 1. The zero-order valence-corrected chi connectivity index (χ0v) is 20.0. The Morgan fingerprint density at radius 3 is 2.23 bits per heavy atom. The van der Waals surface area contributed by atoms with Gasteiger partial charge >= 0.3 is 6.03 Å². The van der Waals surface area contributed by atoms with E-state index in [0.717, 1.165) is 23.5 Å². The van der Waals surface area contributed by atoms with Crippen LogP contribution in [0.5, 0.6) is 11.5 Å². The number of fused-ring (bicyclic) bond motifs is 1. The summed E-state index contributed by atoms with van der Waals surface area (Å²) in [6.07, 6.45) is 0. The summed E-state index contributed by atoms with van der Waals surface area (Å²) in [5.41, 5.74) is 3.95. The number of para-hydroxylation sites is 2. The number of amides is 2. The molecule has 0 aliphatic carbocycles. The number of benzene rings is 3. The summed E-state index contributed by atoms with van der Waals surface area (Å²) in [5, 5.41) is 2.97. The molecule has 2 heterocycles. The Labute approximate surface area is 204 Å². The number of nitrogens with zero attached hydrogens (tertiary/aromatic N) is 4. The van der Waals surface area contributed by atoms with Crippen LogP contribution in [0.25, 0.3) is 11.0 Å². The Balaban J connectivity index is 1.30. The van der Waals surface area contributed by atoms with Crippen molar-refractivity contribution in [3.05, 3.63) is 78.4 Å². The monoisotopic (exact) mass is 471 g/mol. The van der Waals surface area contributed by atoms with Crippen molar-refractivity contribution in [2.24, 2.45) is 0 Å². The van der Waals surface area contributed by atoms with Crippen molar-refractivity contribution in [2.75, 3.05) is 50.6 Å². The molecule has 0 atom stereocenters. The van der Waals surface area contributed by atoms with Gasteiger partial charge in [-0.15, -0.1) is 0 Å². The molecule has 2 amide bonds. The lowest BCUT2D eigenvalue weighted by Gasteiger charge is -2.35. The van der Waals surface area contributed by atoms with E-state index in [4.69, 9.17) is 14.5 Å². The van der Waals surface area contributed by atoms with E-state index in [2.05, 4.69) is 45.1 Å². The zero-order valence-electron chi connectivity index (χ0n) is 20.0. The zero-order chi connectivity index (χ0) is 24.2. The van der Waals surface area contributed by atoms with Crippen LogP contribution >= 0.6 is 0 Å². The van der Waals surface area contributed by atoms with E-state index in [1.165, 1.54) is 5.56 Å². The van der Waals surface area contributed by atoms with Crippen LogP contribution < -0.4 is 19.7 Å². The Bertz CT molecular complexity index is 1290. The van der Waals surface area contributed by atoms with Crippen LogP contribution in [0.2, 0.25) is 0 Å². The SMILES string of the molecule is COc1cc(NC(=O)N2CCN(c3nc4ccccc4n3Cc3ccccc3)CC2)cc(OC)c1. The van der Waals surface area contributed by atoms with Crippen LogP contribution in [0, 0.1) is 0 Å². The largest absolute Gasteiger partial charge is 0.497 e. The molecule has 0 radical (unpaired) electrons. The number of rotatable bonds is 6. The third-order valence-electron chi connectivity index (χ3n) is 6.27. The molecule has 35 heavy (non-hydrogen) atoms. The molecule has 8 nitrogen and oxygen atoms in total. The second kappa shape index (κ2) is 9.97. The highest BCUT2D eigenvalue weighted by molar-refractivity contribution is 5.90. The standard InChI is InChI=1S/C27H29N5O3/c1-34-22-16-21(17-23(18-22)35-2)28-27(33)31-14-12-30(13-15-31)26-29-24-10-6-7-11-25(24)32(26)19-20-8-4-3-5-9-20/h3-11,16-18H,12-15,19H2,1-2H3,(H,28,33). The summed E-state index contributed by atoms with van der Waals surface area (Å²) >= 11 is 0. The molecule has 1 saturated heterocycles. The average molecular weight is 472 g/mol. The van der Waals surface area contributed by atoms with Gasteiger partial charge in [-0.05, 0) is 17.7 Å². The van der Waals surface area contributed by atoms with Gasteiger partial charge in [0.25, 0.3) is 0 Å². The van der Waals surface area contributed by atoms with Gasteiger partial charge in [-0.3, -0.25) is 0 Å². The molecule has 3 aromatic carbocycles. The molecule has 0 saturated carbocycles. The summed E-state index contributed by atoms with van der Waals surface area (Å²) in [5.74, 6) is 2.19. The third kappa shape index (κ3) is 4.87. The molecule has 8 heteroatoms. The number of nitrogens with one attached hydrogen (secondary N) is 1. The van der Waals surface area contributed by atoms with E-state index >= 15 is 0 Å². The van der Waals surface area contributed by atoms with Gasteiger partial charge in [-0.2, -0.15) is 0 Å². The summed E-state index contributed by atoms with van der Waals surface area (Å²) in [6.45, 7) is 3.35. The first-order valence-corrected chi connectivity index (χ1v) is 11.7. The molecule has 0 bridgehead atoms. The van der Waals surface area contributed by atoms with E-state index in [-0.39, 0.29) is 6.03 Å². The van der Waals surface area contributed by atoms with Crippen LogP contribution in [0.15, 0.2) is 72.8 Å². The van der Waals surface area contributed by atoms with Crippen LogP contribution in [-0.2, 0) is 6.54 Å². The Kier molecular flexibility index (Phi) is 6.43. The van der Waals surface area contributed by atoms with Crippen molar-refractivity contribution in [3.8, 4) is 11.5 Å². The molecule has 1 fully saturated rings. The van der Waals surface area contributed by atoms with Crippen molar-refractivity contribution in [3.63, 3.8) is 0 Å². The number of hydrogen-bond acceptors (Lipinski definition) is 5. The van der Waals surface area contributed by atoms with E-state index in [9.17, 15) is 4.79 Å². The van der Waals surface area contributed by atoms with Crippen molar-refractivity contribution in [1.82, 2.24) is 14.5 Å². The maximum Gasteiger partial charge on any atom is 0.321 e. The summed E-state index contributed by atoms with van der Waals surface area (Å²) in [6, 6.07) is 23.8. The smallest absolute Gasteiger partial charge is 0.321 e. The molecule has 0 unspecified atom stereocenters. The summed E-state index contributed by atoms with van der Waals surface area (Å²) in [7, 11) is 3.18. The van der Waals surface area contributed by atoms with Gasteiger partial charge in [0, 0.05) is 50.1 Å². The number of carbonyl (C=O) groups excluding carboxylic acids is 1. The van der Waals surface area contributed by atoms with Crippen molar-refractivity contribution < 1.29 is 14.3 Å². The predicted octanol–water partition coefficient (Wildman–Crippen LogP) is 4.46. The van der Waals surface area contributed by atoms with Crippen LogP contribution in [0.3, 0.4) is 0 Å². The van der Waals surface area contributed by atoms with Gasteiger partial charge in [-0.25, -0.2) is 9.78 Å². The number of methoxy groups -OCH3 is 2. The predicted molar refractivity (Wildman–Crippen MR) is 138 cm³/mol.